The second-order valence-electron chi connectivity index (χ2n) is 2.12. The molecule has 0 atom stereocenters. The molecule has 2 nitrogen and oxygen atoms in total. The van der Waals surface area contributed by atoms with Crippen molar-refractivity contribution in [3.63, 3.8) is 0 Å². The average molecular weight is 133 g/mol. The minimum absolute atomic E-state index is 0.624. The Balaban J connectivity index is 3.01. The van der Waals surface area contributed by atoms with E-state index in [0.29, 0.717) is 5.69 Å². The third-order valence-electron chi connectivity index (χ3n) is 1.43. The molecule has 50 valence electrons. The molecule has 0 heterocycles. The quantitative estimate of drug-likeness (QED) is 0.541. The monoisotopic (exact) mass is 133 g/mol. The van der Waals surface area contributed by atoms with Gasteiger partial charge in [0, 0.05) is 12.1 Å². The standard InChI is InChI=1S/C8H9N2/c1-2-7-4-3-5-8(6-7)10-9/h3-6H,2H2,1H3/q+1. The second-order valence-corrected chi connectivity index (χ2v) is 2.12. The number of benzene rings is 1. The lowest BCUT2D eigenvalue weighted by Crippen LogP contribution is -1.75. The molecule has 1 aromatic carbocycles. The van der Waals surface area contributed by atoms with Gasteiger partial charge < -0.3 is 0 Å². The van der Waals surface area contributed by atoms with E-state index in [1.54, 1.807) is 6.07 Å². The minimum atomic E-state index is 0.624. The molecule has 1 rings (SSSR count). The van der Waals surface area contributed by atoms with Gasteiger partial charge in [-0.05, 0) is 12.0 Å². The summed E-state index contributed by atoms with van der Waals surface area (Å²) in [4.78, 5) is 3.08. The summed E-state index contributed by atoms with van der Waals surface area (Å²) in [5.74, 6) is 0. The first-order valence-electron chi connectivity index (χ1n) is 3.31. The molecule has 0 unspecified atom stereocenters. The summed E-state index contributed by atoms with van der Waals surface area (Å²) in [5, 5.41) is 8.38. The van der Waals surface area contributed by atoms with Gasteiger partial charge in [-0.2, -0.15) is 0 Å². The van der Waals surface area contributed by atoms with Gasteiger partial charge in [0.05, 0.1) is 0 Å². The molecule has 0 aromatic heterocycles. The van der Waals surface area contributed by atoms with Gasteiger partial charge in [-0.25, -0.2) is 0 Å². The molecule has 0 aliphatic rings. The Morgan fingerprint density at radius 3 is 2.90 bits per heavy atom. The van der Waals surface area contributed by atoms with Crippen LogP contribution in [-0.2, 0) is 6.42 Å². The molecule has 0 amide bonds. The van der Waals surface area contributed by atoms with E-state index in [-0.39, 0.29) is 0 Å². The van der Waals surface area contributed by atoms with Crippen molar-refractivity contribution in [2.24, 2.45) is 0 Å². The van der Waals surface area contributed by atoms with Crippen LogP contribution < -0.4 is 0 Å². The molecule has 1 aromatic rings. The molecule has 0 N–H and O–H groups in total. The summed E-state index contributed by atoms with van der Waals surface area (Å²) in [6.07, 6.45) is 0.976. The van der Waals surface area contributed by atoms with Crippen molar-refractivity contribution in [2.75, 3.05) is 0 Å². The van der Waals surface area contributed by atoms with Gasteiger partial charge in [0.15, 0.2) is 4.98 Å². The third kappa shape index (κ3) is 1.32. The van der Waals surface area contributed by atoms with Crippen LogP contribution in [0.5, 0.6) is 0 Å². The topological polar surface area (TPSA) is 28.1 Å². The molecule has 0 saturated carbocycles. The SMILES string of the molecule is CCc1cccc([N+]#N)c1. The number of hydrogen-bond acceptors (Lipinski definition) is 1. The molecule has 0 aliphatic heterocycles. The number of hydrogen-bond donors (Lipinski definition) is 0. The van der Waals surface area contributed by atoms with Gasteiger partial charge in [0.25, 0.3) is 0 Å². The van der Waals surface area contributed by atoms with Crippen molar-refractivity contribution in [1.29, 1.82) is 5.39 Å². The predicted octanol–water partition coefficient (Wildman–Crippen LogP) is 2.73. The van der Waals surface area contributed by atoms with E-state index in [4.69, 9.17) is 5.39 Å². The summed E-state index contributed by atoms with van der Waals surface area (Å²) in [6, 6.07) is 7.52. The molecular formula is C8H9N2+. The maximum atomic E-state index is 8.38. The first-order chi connectivity index (χ1) is 4.86. The highest BCUT2D eigenvalue weighted by molar-refractivity contribution is 5.45. The Morgan fingerprint density at radius 2 is 2.30 bits per heavy atom. The van der Waals surface area contributed by atoms with Crippen molar-refractivity contribution in [1.82, 2.24) is 0 Å². The van der Waals surface area contributed by atoms with Gasteiger partial charge >= 0.3 is 5.69 Å². The zero-order chi connectivity index (χ0) is 7.40. The van der Waals surface area contributed by atoms with Gasteiger partial charge in [-0.15, -0.1) is 0 Å². The van der Waals surface area contributed by atoms with Crippen molar-refractivity contribution < 1.29 is 0 Å². The highest BCUT2D eigenvalue weighted by Crippen LogP contribution is 2.13. The summed E-state index contributed by atoms with van der Waals surface area (Å²) >= 11 is 0. The largest absolute Gasteiger partial charge is 0.385 e. The zero-order valence-corrected chi connectivity index (χ0v) is 5.91. The molecule has 0 fully saturated rings. The molecule has 0 saturated heterocycles. The Bertz CT molecular complexity index is 260. The molecule has 0 bridgehead atoms. The van der Waals surface area contributed by atoms with Gasteiger partial charge in [0.2, 0.25) is 5.39 Å². The molecule has 0 radical (unpaired) electrons. The van der Waals surface area contributed by atoms with Gasteiger partial charge in [0.1, 0.15) is 0 Å². The van der Waals surface area contributed by atoms with Crippen molar-refractivity contribution in [3.8, 4) is 0 Å². The fourth-order valence-electron chi connectivity index (χ4n) is 0.839. The highest BCUT2D eigenvalue weighted by Gasteiger charge is 2.01. The Kier molecular flexibility index (Phi) is 2.01. The van der Waals surface area contributed by atoms with E-state index in [9.17, 15) is 0 Å². The van der Waals surface area contributed by atoms with E-state index in [1.165, 1.54) is 5.56 Å². The van der Waals surface area contributed by atoms with E-state index >= 15 is 0 Å². The van der Waals surface area contributed by atoms with Gasteiger partial charge in [-0.1, -0.05) is 19.1 Å². The molecular weight excluding hydrogens is 124 g/mol. The van der Waals surface area contributed by atoms with E-state index < -0.39 is 0 Å². The maximum Gasteiger partial charge on any atom is 0.385 e. The van der Waals surface area contributed by atoms with E-state index in [2.05, 4.69) is 11.9 Å². The number of diazo groups is 1. The smallest absolute Gasteiger partial charge is 0.0613 e. The second kappa shape index (κ2) is 2.98. The fraction of sp³-hybridized carbons (Fsp3) is 0.250. The van der Waals surface area contributed by atoms with Crippen LogP contribution >= 0.6 is 0 Å². The summed E-state index contributed by atoms with van der Waals surface area (Å²) in [5.41, 5.74) is 1.81. The lowest BCUT2D eigenvalue weighted by molar-refractivity contribution is 1.14. The Morgan fingerprint density at radius 1 is 1.50 bits per heavy atom. The van der Waals surface area contributed by atoms with Crippen molar-refractivity contribution in [3.05, 3.63) is 34.8 Å². The lowest BCUT2D eigenvalue weighted by Gasteiger charge is -1.88. The van der Waals surface area contributed by atoms with Crippen LogP contribution in [0.3, 0.4) is 0 Å². The van der Waals surface area contributed by atoms with Crippen LogP contribution in [0.25, 0.3) is 4.98 Å². The number of rotatable bonds is 1. The van der Waals surface area contributed by atoms with Crippen molar-refractivity contribution >= 4 is 5.69 Å². The molecule has 0 aliphatic carbocycles. The van der Waals surface area contributed by atoms with Crippen LogP contribution in [0.4, 0.5) is 5.69 Å². The molecule has 0 spiro atoms. The first-order valence-corrected chi connectivity index (χ1v) is 3.31. The first kappa shape index (κ1) is 6.76. The minimum Gasteiger partial charge on any atom is -0.0613 e. The fourth-order valence-corrected chi connectivity index (χ4v) is 0.839. The van der Waals surface area contributed by atoms with Gasteiger partial charge in [-0.3, -0.25) is 0 Å². The van der Waals surface area contributed by atoms with E-state index in [1.807, 2.05) is 18.2 Å². The lowest BCUT2D eigenvalue weighted by atomic mass is 10.1. The van der Waals surface area contributed by atoms with Crippen LogP contribution in [0.2, 0.25) is 0 Å². The molecule has 2 heteroatoms. The summed E-state index contributed by atoms with van der Waals surface area (Å²) < 4.78 is 0. The summed E-state index contributed by atoms with van der Waals surface area (Å²) in [7, 11) is 0. The highest BCUT2D eigenvalue weighted by atomic mass is 14.8. The zero-order valence-electron chi connectivity index (χ0n) is 5.91. The van der Waals surface area contributed by atoms with Crippen LogP contribution in [0, 0.1) is 5.39 Å². The third-order valence-corrected chi connectivity index (χ3v) is 1.43. The van der Waals surface area contributed by atoms with Crippen molar-refractivity contribution in [2.45, 2.75) is 13.3 Å². The normalized spacial score (nSPS) is 8.80. The average Bonchev–Trinajstić information content (AvgIpc) is 2.05. The van der Waals surface area contributed by atoms with E-state index in [0.717, 1.165) is 6.42 Å². The number of nitrogens with zero attached hydrogens (tertiary/aromatic N) is 2. The van der Waals surface area contributed by atoms with Crippen LogP contribution in [0.1, 0.15) is 12.5 Å². The summed E-state index contributed by atoms with van der Waals surface area (Å²) in [6.45, 7) is 2.07. The van der Waals surface area contributed by atoms with Crippen LogP contribution in [0.15, 0.2) is 24.3 Å². The van der Waals surface area contributed by atoms with Crippen LogP contribution in [-0.4, -0.2) is 0 Å². The Hall–Kier alpha value is -1.36. The maximum absolute atomic E-state index is 8.38. The Labute approximate surface area is 60.1 Å². The molecule has 10 heavy (non-hydrogen) atoms. The number of aryl methyl sites for hydroxylation is 1. The predicted molar refractivity (Wildman–Crippen MR) is 40.6 cm³/mol.